The van der Waals surface area contributed by atoms with Gasteiger partial charge >= 0.3 is 6.18 Å². The molecule has 0 saturated heterocycles. The number of carbonyl (C=O) groups excluding carboxylic acids is 1. The van der Waals surface area contributed by atoms with Crippen molar-refractivity contribution in [2.24, 2.45) is 0 Å². The van der Waals surface area contributed by atoms with E-state index in [9.17, 15) is 23.2 Å². The molecule has 0 spiro atoms. The molecule has 10 heteroatoms. The molecule has 158 valence electrons. The quantitative estimate of drug-likeness (QED) is 0.671. The molecule has 2 aromatic heterocycles. The Bertz CT molecular complexity index is 1160. The van der Waals surface area contributed by atoms with Crippen molar-refractivity contribution in [1.82, 2.24) is 25.1 Å². The van der Waals surface area contributed by atoms with Crippen LogP contribution in [0.1, 0.15) is 53.1 Å². The van der Waals surface area contributed by atoms with Crippen LogP contribution in [0.3, 0.4) is 0 Å². The number of amides is 1. The molecule has 1 aromatic carbocycles. The van der Waals surface area contributed by atoms with Crippen molar-refractivity contribution in [3.8, 4) is 11.9 Å². The summed E-state index contributed by atoms with van der Waals surface area (Å²) in [6.45, 7) is 1.65. The smallest absolute Gasteiger partial charge is 0.342 e. The van der Waals surface area contributed by atoms with Crippen LogP contribution in [0, 0.1) is 11.3 Å². The number of pyridine rings is 1. The van der Waals surface area contributed by atoms with E-state index in [1.165, 1.54) is 17.1 Å². The predicted molar refractivity (Wildman–Crippen MR) is 103 cm³/mol. The van der Waals surface area contributed by atoms with Crippen LogP contribution in [0.15, 0.2) is 48.9 Å². The lowest BCUT2D eigenvalue weighted by molar-refractivity contribution is -0.137. The summed E-state index contributed by atoms with van der Waals surface area (Å²) in [5.41, 5.74) is -1.87. The number of carbonyl (C=O) groups is 1. The van der Waals surface area contributed by atoms with E-state index in [0.29, 0.717) is 24.5 Å². The zero-order chi connectivity index (χ0) is 22.2. The van der Waals surface area contributed by atoms with Crippen LogP contribution in [0.4, 0.5) is 13.2 Å². The summed E-state index contributed by atoms with van der Waals surface area (Å²) in [7, 11) is 0. The van der Waals surface area contributed by atoms with Crippen molar-refractivity contribution in [3.05, 3.63) is 71.4 Å². The molecule has 1 amide bonds. The molecule has 0 radical (unpaired) electrons. The van der Waals surface area contributed by atoms with Gasteiger partial charge in [-0.05, 0) is 55.7 Å². The lowest BCUT2D eigenvalue weighted by Crippen LogP contribution is -2.29. The van der Waals surface area contributed by atoms with E-state index in [1.807, 2.05) is 0 Å². The fourth-order valence-electron chi connectivity index (χ4n) is 3.33. The Morgan fingerprint density at radius 2 is 2.03 bits per heavy atom. The topological polar surface area (TPSA) is 96.5 Å². The van der Waals surface area contributed by atoms with E-state index < -0.39 is 29.1 Å². The molecule has 1 fully saturated rings. The van der Waals surface area contributed by atoms with E-state index in [1.54, 1.807) is 31.3 Å². The molecule has 0 bridgehead atoms. The van der Waals surface area contributed by atoms with Gasteiger partial charge < -0.3 is 5.32 Å². The van der Waals surface area contributed by atoms with E-state index in [4.69, 9.17) is 0 Å². The molecule has 1 unspecified atom stereocenters. The molecule has 3 aromatic rings. The Kier molecular flexibility index (Phi) is 4.97. The molecule has 4 rings (SSSR count). The summed E-state index contributed by atoms with van der Waals surface area (Å²) in [5, 5.41) is 16.2. The first-order valence-electron chi connectivity index (χ1n) is 9.50. The van der Waals surface area contributed by atoms with Gasteiger partial charge in [0.15, 0.2) is 11.6 Å². The molecule has 31 heavy (non-hydrogen) atoms. The number of aromatic nitrogens is 4. The molecule has 1 saturated carbocycles. The van der Waals surface area contributed by atoms with Gasteiger partial charge in [0.25, 0.3) is 5.91 Å². The van der Waals surface area contributed by atoms with Crippen LogP contribution < -0.4 is 5.32 Å². The maximum Gasteiger partial charge on any atom is 0.416 e. The standard InChI is InChI=1S/C21H17F3N6O/c1-13(18-27-12-28-30(18)17-4-2-3-7-26-17)29-19(31)14-8-15(20(11-25)5-6-20)10-16(9-14)21(22,23)24/h2-4,7-10,12-13H,5-6H2,1H3,(H,29,31). The van der Waals surface area contributed by atoms with Gasteiger partial charge in [-0.25, -0.2) is 9.97 Å². The van der Waals surface area contributed by atoms with Crippen molar-refractivity contribution < 1.29 is 18.0 Å². The highest BCUT2D eigenvalue weighted by Crippen LogP contribution is 2.48. The lowest BCUT2D eigenvalue weighted by Gasteiger charge is -2.17. The fourth-order valence-corrected chi connectivity index (χ4v) is 3.33. The highest BCUT2D eigenvalue weighted by atomic mass is 19.4. The molecule has 1 aliphatic rings. The van der Waals surface area contributed by atoms with Crippen LogP contribution >= 0.6 is 0 Å². The van der Waals surface area contributed by atoms with Crippen LogP contribution in [0.2, 0.25) is 0 Å². The maximum atomic E-state index is 13.4. The van der Waals surface area contributed by atoms with Gasteiger partial charge in [0, 0.05) is 11.8 Å². The third-order valence-electron chi connectivity index (χ3n) is 5.21. The van der Waals surface area contributed by atoms with E-state index >= 15 is 0 Å². The minimum atomic E-state index is -4.64. The van der Waals surface area contributed by atoms with Crippen LogP contribution in [0.25, 0.3) is 5.82 Å². The number of hydrogen-bond acceptors (Lipinski definition) is 5. The van der Waals surface area contributed by atoms with Crippen LogP contribution in [-0.2, 0) is 11.6 Å². The minimum absolute atomic E-state index is 0.165. The van der Waals surface area contributed by atoms with Crippen molar-refractivity contribution in [3.63, 3.8) is 0 Å². The van der Waals surface area contributed by atoms with Gasteiger partial charge in [0.05, 0.1) is 23.1 Å². The summed E-state index contributed by atoms with van der Waals surface area (Å²) in [4.78, 5) is 21.2. The highest BCUT2D eigenvalue weighted by molar-refractivity contribution is 5.95. The number of nitriles is 1. The Labute approximate surface area is 175 Å². The summed E-state index contributed by atoms with van der Waals surface area (Å²) in [6.07, 6.45) is -0.817. The molecule has 0 aliphatic heterocycles. The Morgan fingerprint density at radius 3 is 2.65 bits per heavy atom. The number of alkyl halides is 3. The van der Waals surface area contributed by atoms with Crippen molar-refractivity contribution in [2.45, 2.75) is 37.4 Å². The van der Waals surface area contributed by atoms with E-state index in [2.05, 4.69) is 26.5 Å². The van der Waals surface area contributed by atoms with Crippen molar-refractivity contribution >= 4 is 5.91 Å². The zero-order valence-electron chi connectivity index (χ0n) is 16.4. The maximum absolute atomic E-state index is 13.4. The van der Waals surface area contributed by atoms with Gasteiger partial charge in [-0.1, -0.05) is 6.07 Å². The SMILES string of the molecule is CC(NC(=O)c1cc(C(F)(F)F)cc(C2(C#N)CC2)c1)c1ncnn1-c1ccccn1. The normalized spacial score (nSPS) is 15.7. The van der Waals surface area contributed by atoms with Crippen LogP contribution in [-0.4, -0.2) is 25.7 Å². The molecular formula is C21H17F3N6O. The molecule has 2 heterocycles. The second-order valence-electron chi connectivity index (χ2n) is 7.40. The predicted octanol–water partition coefficient (Wildman–Crippen LogP) is 3.73. The van der Waals surface area contributed by atoms with Crippen molar-refractivity contribution in [2.75, 3.05) is 0 Å². The summed E-state index contributed by atoms with van der Waals surface area (Å²) in [5.74, 6) is 0.154. The minimum Gasteiger partial charge on any atom is -0.342 e. The number of halogens is 3. The van der Waals surface area contributed by atoms with Gasteiger partial charge in [0.2, 0.25) is 0 Å². The largest absolute Gasteiger partial charge is 0.416 e. The zero-order valence-corrected chi connectivity index (χ0v) is 16.4. The molecular weight excluding hydrogens is 409 g/mol. The molecule has 1 atom stereocenters. The Morgan fingerprint density at radius 1 is 1.26 bits per heavy atom. The van der Waals surface area contributed by atoms with Gasteiger partial charge in [-0.15, -0.1) is 0 Å². The number of hydrogen-bond donors (Lipinski definition) is 1. The van der Waals surface area contributed by atoms with Crippen molar-refractivity contribution in [1.29, 1.82) is 5.26 Å². The van der Waals surface area contributed by atoms with Gasteiger partial charge in [-0.3, -0.25) is 4.79 Å². The fraction of sp³-hybridized carbons (Fsp3) is 0.286. The first-order valence-corrected chi connectivity index (χ1v) is 9.50. The first kappa shape index (κ1) is 20.5. The summed E-state index contributed by atoms with van der Waals surface area (Å²) >= 11 is 0. The number of nitrogens with one attached hydrogen (secondary N) is 1. The highest BCUT2D eigenvalue weighted by Gasteiger charge is 2.46. The number of benzene rings is 1. The van der Waals surface area contributed by atoms with Gasteiger partial charge in [-0.2, -0.15) is 28.2 Å². The molecule has 1 N–H and O–H groups in total. The average molecular weight is 426 g/mol. The Balaban J connectivity index is 1.63. The second-order valence-corrected chi connectivity index (χ2v) is 7.40. The van der Waals surface area contributed by atoms with E-state index in [-0.39, 0.29) is 11.1 Å². The molecule has 7 nitrogen and oxygen atoms in total. The summed E-state index contributed by atoms with van der Waals surface area (Å²) in [6, 6.07) is 9.73. The monoisotopic (exact) mass is 426 g/mol. The third-order valence-corrected chi connectivity index (χ3v) is 5.21. The van der Waals surface area contributed by atoms with E-state index in [0.717, 1.165) is 12.1 Å². The third kappa shape index (κ3) is 3.99. The lowest BCUT2D eigenvalue weighted by atomic mass is 9.93. The Hall–Kier alpha value is -3.74. The number of nitrogens with zero attached hydrogens (tertiary/aromatic N) is 5. The summed E-state index contributed by atoms with van der Waals surface area (Å²) < 4.78 is 41.7. The second kappa shape index (κ2) is 7.50. The average Bonchev–Trinajstić information content (AvgIpc) is 3.41. The first-order chi connectivity index (χ1) is 14.7. The van der Waals surface area contributed by atoms with Crippen LogP contribution in [0.5, 0.6) is 0 Å². The number of rotatable bonds is 5. The molecule has 1 aliphatic carbocycles. The van der Waals surface area contributed by atoms with Gasteiger partial charge in [0.1, 0.15) is 6.33 Å².